The minimum Gasteiger partial charge on any atom is -0.400 e. The van der Waals surface area contributed by atoms with Gasteiger partial charge in [-0.3, -0.25) is 18.9 Å². The molecule has 0 aliphatic heterocycles. The second-order valence-electron chi connectivity index (χ2n) is 14.8. The molecule has 0 saturated heterocycles. The van der Waals surface area contributed by atoms with Crippen LogP contribution in [0.4, 0.5) is 49.7 Å². The highest BCUT2D eigenvalue weighted by molar-refractivity contribution is 8.00. The Morgan fingerprint density at radius 3 is 2.20 bits per heavy atom. The maximum absolute atomic E-state index is 15.3. The number of anilines is 1. The fourth-order valence-corrected chi connectivity index (χ4v) is 7.90. The number of hydrogen-bond acceptors (Lipinski definition) is 7. The van der Waals surface area contributed by atoms with Gasteiger partial charge in [0.05, 0.1) is 32.4 Å². The number of hydrogen-bond donors (Lipinski definition) is 3. The molecule has 0 fully saturated rings. The summed E-state index contributed by atoms with van der Waals surface area (Å²) in [4.78, 5) is 18.7. The molecule has 3 heterocycles. The third-order valence-corrected chi connectivity index (χ3v) is 11.5. The van der Waals surface area contributed by atoms with Crippen molar-refractivity contribution in [3.05, 3.63) is 93.0 Å². The smallest absolute Gasteiger partial charge is 0.400 e. The van der Waals surface area contributed by atoms with Crippen molar-refractivity contribution < 1.29 is 58.0 Å². The Morgan fingerprint density at radius 1 is 1.02 bits per heavy atom. The van der Waals surface area contributed by atoms with Gasteiger partial charge in [-0.1, -0.05) is 44.4 Å². The molecule has 2 unspecified atom stereocenters. The van der Waals surface area contributed by atoms with Gasteiger partial charge >= 0.3 is 12.4 Å². The molecular weight excluding hydrogens is 940 g/mol. The molecule has 65 heavy (non-hydrogen) atoms. The standard InChI is InChI=1S/C39H34ClF10N7O2S2.C2H6.CH4O/c1-19-16-37(43,44)34-29(19)33(39(48,49)50)53-56(34)17-28(58)52-27(14-20-12-21(41)15-22(42)13-20)31-24(7-6-23(51-31)10-11-36(2,3)60-4)25-8-9-26(40)30-32(25)57(18-38(45,46)47)54-35(30)55-61(5)59;2*1-2/h6-9,12-13,15,19,27H,14,16-18H2,1-5H3,(H,52,58)(H,54,55);1-2H3;2H,1H3/t19-,27?,61?;;/m0../s1. The van der Waals surface area contributed by atoms with Gasteiger partial charge in [-0.15, -0.1) is 11.8 Å². The Hall–Kier alpha value is -4.85. The van der Waals surface area contributed by atoms with Gasteiger partial charge < -0.3 is 10.4 Å². The number of rotatable bonds is 11. The molecule has 3 aromatic heterocycles. The molecule has 6 rings (SSSR count). The van der Waals surface area contributed by atoms with Crippen LogP contribution in [0.3, 0.4) is 0 Å². The van der Waals surface area contributed by atoms with Gasteiger partial charge in [-0.2, -0.15) is 45.3 Å². The van der Waals surface area contributed by atoms with Gasteiger partial charge in [0.15, 0.2) is 11.5 Å². The van der Waals surface area contributed by atoms with Gasteiger partial charge in [0, 0.05) is 42.5 Å². The number of carbonyl (C=O) groups excluding carboxylic acids is 1. The third-order valence-electron chi connectivity index (χ3n) is 9.61. The van der Waals surface area contributed by atoms with E-state index in [0.717, 1.165) is 19.2 Å². The number of thioether (sulfide) groups is 1. The van der Waals surface area contributed by atoms with Gasteiger partial charge in [0.2, 0.25) is 5.91 Å². The monoisotopic (exact) mass is 983 g/mol. The van der Waals surface area contributed by atoms with Crippen LogP contribution in [0.25, 0.3) is 22.0 Å². The third kappa shape index (κ3) is 12.5. The highest BCUT2D eigenvalue weighted by Gasteiger charge is 2.53. The van der Waals surface area contributed by atoms with Gasteiger partial charge in [0.25, 0.3) is 5.92 Å². The summed E-state index contributed by atoms with van der Waals surface area (Å²) in [6.45, 7) is 5.95. The topological polar surface area (TPSA) is 127 Å². The fraction of sp³-hybridized carbons (Fsp3) is 0.429. The number of fused-ring (bicyclic) bond motifs is 2. The first-order chi connectivity index (χ1) is 30.3. The lowest BCUT2D eigenvalue weighted by Gasteiger charge is -2.23. The van der Waals surface area contributed by atoms with E-state index in [9.17, 15) is 44.1 Å². The molecule has 3 atom stereocenters. The normalized spacial score (nSPS) is 15.4. The Kier molecular flexibility index (Phi) is 16.9. The van der Waals surface area contributed by atoms with Crippen LogP contribution in [-0.4, -0.2) is 70.3 Å². The van der Waals surface area contributed by atoms with E-state index in [4.69, 9.17) is 16.7 Å². The summed E-state index contributed by atoms with van der Waals surface area (Å²) in [6.07, 6.45) is -8.48. The second-order valence-corrected chi connectivity index (χ2v) is 17.7. The number of nitrogens with zero attached hydrogens (tertiary/aromatic N) is 5. The highest BCUT2D eigenvalue weighted by atomic mass is 35.5. The molecule has 2 aromatic carbocycles. The molecule has 1 aliphatic rings. The largest absolute Gasteiger partial charge is 0.435 e. The SMILES string of the molecule is CC.CO.CSC(C)(C)C#Cc1ccc(-c2ccc(Cl)c3c(NS(C)=O)nn(CC(F)(F)F)c23)c(C(Cc2cc(F)cc(F)c2)NC(=O)Cn2nc(C(F)(F)F)c3c2C(F)(F)C[C@@H]3C)n1. The molecule has 0 radical (unpaired) electrons. The van der Waals surface area contributed by atoms with Crippen LogP contribution in [0.5, 0.6) is 0 Å². The predicted octanol–water partition coefficient (Wildman–Crippen LogP) is 10.3. The average Bonchev–Trinajstić information content (AvgIpc) is 3.84. The van der Waals surface area contributed by atoms with Gasteiger partial charge in [-0.05, 0) is 74.3 Å². The first-order valence-electron chi connectivity index (χ1n) is 19.5. The number of nitrogens with one attached hydrogen (secondary N) is 2. The summed E-state index contributed by atoms with van der Waals surface area (Å²) in [5, 5.41) is 16.8. The van der Waals surface area contributed by atoms with E-state index >= 15 is 8.78 Å². The number of pyridine rings is 1. The van der Waals surface area contributed by atoms with Crippen molar-refractivity contribution in [2.45, 2.75) is 95.5 Å². The predicted molar refractivity (Wildman–Crippen MR) is 231 cm³/mol. The summed E-state index contributed by atoms with van der Waals surface area (Å²) in [5.74, 6) is -2.66. The van der Waals surface area contributed by atoms with Crippen LogP contribution in [-0.2, 0) is 47.4 Å². The molecule has 10 nitrogen and oxygen atoms in total. The molecule has 0 spiro atoms. The first-order valence-corrected chi connectivity index (χ1v) is 22.6. The summed E-state index contributed by atoms with van der Waals surface area (Å²) in [7, 11) is -0.849. The van der Waals surface area contributed by atoms with Crippen LogP contribution in [0.1, 0.15) is 86.9 Å². The summed E-state index contributed by atoms with van der Waals surface area (Å²) >= 11 is 7.92. The lowest BCUT2D eigenvalue weighted by atomic mass is 9.93. The van der Waals surface area contributed by atoms with Crippen molar-refractivity contribution in [3.63, 3.8) is 0 Å². The van der Waals surface area contributed by atoms with Crippen LogP contribution in [0, 0.1) is 23.5 Å². The zero-order valence-electron chi connectivity index (χ0n) is 36.0. The van der Waals surface area contributed by atoms with E-state index in [-0.39, 0.29) is 54.5 Å². The highest BCUT2D eigenvalue weighted by Crippen LogP contribution is 2.52. The minimum atomic E-state index is -5.15. The van der Waals surface area contributed by atoms with Crippen LogP contribution in [0.15, 0.2) is 42.5 Å². The van der Waals surface area contributed by atoms with E-state index < -0.39 is 106 Å². The number of halogens is 11. The zero-order chi connectivity index (χ0) is 49.0. The Morgan fingerprint density at radius 2 is 1.63 bits per heavy atom. The Bertz CT molecular complexity index is 2600. The Labute approximate surface area is 379 Å². The van der Waals surface area contributed by atoms with E-state index in [0.29, 0.717) is 10.7 Å². The van der Waals surface area contributed by atoms with Crippen molar-refractivity contribution in [3.8, 4) is 23.0 Å². The molecule has 0 saturated carbocycles. The van der Waals surface area contributed by atoms with Crippen molar-refractivity contribution >= 4 is 57.0 Å². The molecule has 3 N–H and O–H groups in total. The van der Waals surface area contributed by atoms with E-state index in [1.54, 1.807) is 6.26 Å². The minimum absolute atomic E-state index is 0.00860. The fourth-order valence-electron chi connectivity index (χ4n) is 7.09. The van der Waals surface area contributed by atoms with E-state index in [2.05, 4.69) is 37.1 Å². The van der Waals surface area contributed by atoms with Crippen LogP contribution in [0.2, 0.25) is 5.02 Å². The van der Waals surface area contributed by atoms with Gasteiger partial charge in [-0.25, -0.2) is 18.0 Å². The molecule has 1 aliphatic carbocycles. The second kappa shape index (κ2) is 20.8. The number of aromatic nitrogens is 5. The molecule has 0 bridgehead atoms. The number of alkyl halides is 8. The average molecular weight is 984 g/mol. The summed E-state index contributed by atoms with van der Waals surface area (Å²) in [5.41, 5.74) is -3.94. The molecular formula is C42H44ClF10N7O3S2. The zero-order valence-corrected chi connectivity index (χ0v) is 38.4. The summed E-state index contributed by atoms with van der Waals surface area (Å²) in [6, 6.07) is 6.35. The molecule has 1 amide bonds. The van der Waals surface area contributed by atoms with Gasteiger partial charge in [0.1, 0.15) is 47.1 Å². The Balaban J connectivity index is 0.00000225. The number of amides is 1. The van der Waals surface area contributed by atoms with Crippen molar-refractivity contribution in [2.75, 3.05) is 24.3 Å². The first kappa shape index (κ1) is 52.8. The van der Waals surface area contributed by atoms with Crippen molar-refractivity contribution in [2.24, 2.45) is 0 Å². The molecule has 23 heteroatoms. The number of benzene rings is 2. The maximum Gasteiger partial charge on any atom is 0.435 e. The van der Waals surface area contributed by atoms with Crippen molar-refractivity contribution in [1.82, 2.24) is 29.9 Å². The number of carbonyl (C=O) groups is 1. The summed E-state index contributed by atoms with van der Waals surface area (Å²) < 4.78 is 159. The lowest BCUT2D eigenvalue weighted by Crippen LogP contribution is -2.35. The number of aliphatic hydroxyl groups is 1. The lowest BCUT2D eigenvalue weighted by molar-refractivity contribution is -0.143. The quantitative estimate of drug-likeness (QED) is 0.0889. The van der Waals surface area contributed by atoms with E-state index in [1.165, 1.54) is 49.2 Å². The van der Waals surface area contributed by atoms with Crippen LogP contribution < -0.4 is 10.0 Å². The van der Waals surface area contributed by atoms with Crippen LogP contribution >= 0.6 is 23.4 Å². The number of aliphatic hydroxyl groups excluding tert-OH is 1. The molecule has 5 aromatic rings. The molecule has 354 valence electrons. The van der Waals surface area contributed by atoms with Crippen molar-refractivity contribution in [1.29, 1.82) is 0 Å². The van der Waals surface area contributed by atoms with E-state index in [1.807, 2.05) is 27.7 Å². The maximum atomic E-state index is 15.3.